The smallest absolute Gasteiger partial charge is 0.335 e. The van der Waals surface area contributed by atoms with E-state index in [1.54, 1.807) is 31.2 Å². The Morgan fingerprint density at radius 1 is 1.20 bits per heavy atom. The molecule has 0 saturated heterocycles. The van der Waals surface area contributed by atoms with E-state index in [0.29, 0.717) is 11.5 Å². The van der Waals surface area contributed by atoms with Crippen molar-refractivity contribution in [2.24, 2.45) is 11.8 Å². The van der Waals surface area contributed by atoms with Crippen LogP contribution < -0.4 is 10.2 Å². The Balaban J connectivity index is 1.82. The fourth-order valence-corrected chi connectivity index (χ4v) is 4.76. The molecule has 0 unspecified atom stereocenters. The molecule has 2 N–H and O–H groups in total. The maximum absolute atomic E-state index is 12.6. The Morgan fingerprint density at radius 3 is 2.50 bits per heavy atom. The summed E-state index contributed by atoms with van der Waals surface area (Å²) < 4.78 is 0. The highest BCUT2D eigenvalue weighted by atomic mass is 16.4. The first-order chi connectivity index (χ1) is 14.3. The first kappa shape index (κ1) is 20.0. The second-order valence-corrected chi connectivity index (χ2v) is 8.42. The van der Waals surface area contributed by atoms with Crippen LogP contribution in [0.25, 0.3) is 0 Å². The molecule has 2 aromatic rings. The topological polar surface area (TPSA) is 93.4 Å². The lowest BCUT2D eigenvalue weighted by Gasteiger charge is -2.46. The minimum atomic E-state index is -0.989. The predicted octanol–water partition coefficient (Wildman–Crippen LogP) is 4.50. The van der Waals surface area contributed by atoms with E-state index in [-0.39, 0.29) is 29.5 Å². The van der Waals surface area contributed by atoms with Gasteiger partial charge in [0.25, 0.3) is 0 Å². The molecule has 3 atom stereocenters. The Hall–Kier alpha value is -3.33. The molecule has 2 aromatic carbocycles. The van der Waals surface area contributed by atoms with Gasteiger partial charge in [0.15, 0.2) is 0 Å². The number of benzene rings is 2. The van der Waals surface area contributed by atoms with Crippen LogP contribution >= 0.6 is 0 Å². The molecule has 1 heterocycles. The molecule has 1 amide bonds. The second kappa shape index (κ2) is 7.49. The molecule has 4 rings (SSSR count). The van der Waals surface area contributed by atoms with E-state index in [1.807, 2.05) is 24.0 Å². The van der Waals surface area contributed by atoms with Crippen LogP contribution in [0.3, 0.4) is 0 Å². The molecule has 0 bridgehead atoms. The Labute approximate surface area is 176 Å². The molecule has 6 nitrogen and oxygen atoms in total. The number of carbonyl (C=O) groups is 2. The minimum Gasteiger partial charge on any atom is -0.478 e. The number of aryl methyl sites for hydroxylation is 1. The normalized spacial score (nSPS) is 22.7. The van der Waals surface area contributed by atoms with Crippen molar-refractivity contribution in [1.29, 1.82) is 5.26 Å². The number of hydrogen-bond donors (Lipinski definition) is 2. The van der Waals surface area contributed by atoms with Crippen LogP contribution in [-0.2, 0) is 4.79 Å². The molecule has 0 spiro atoms. The number of rotatable bonds is 4. The fourth-order valence-electron chi connectivity index (χ4n) is 4.76. The number of nitrogens with zero attached hydrogens (tertiary/aromatic N) is 2. The van der Waals surface area contributed by atoms with E-state index in [9.17, 15) is 20.0 Å². The van der Waals surface area contributed by atoms with Crippen molar-refractivity contribution < 1.29 is 14.7 Å². The maximum Gasteiger partial charge on any atom is 0.335 e. The molecule has 1 aliphatic carbocycles. The number of anilines is 2. The second-order valence-electron chi connectivity index (χ2n) is 8.42. The van der Waals surface area contributed by atoms with Crippen LogP contribution in [-0.4, -0.2) is 23.0 Å². The number of nitriles is 1. The highest BCUT2D eigenvalue weighted by Gasteiger charge is 2.47. The fraction of sp³-hybridized carbons (Fsp3) is 0.375. The van der Waals surface area contributed by atoms with E-state index < -0.39 is 5.97 Å². The Kier molecular flexibility index (Phi) is 4.98. The summed E-state index contributed by atoms with van der Waals surface area (Å²) in [6.07, 6.45) is 2.20. The zero-order valence-corrected chi connectivity index (χ0v) is 17.3. The van der Waals surface area contributed by atoms with Gasteiger partial charge in [0.2, 0.25) is 5.91 Å². The van der Waals surface area contributed by atoms with Gasteiger partial charge >= 0.3 is 5.97 Å². The number of carboxylic acid groups (broad SMARTS) is 1. The maximum atomic E-state index is 12.6. The Bertz CT molecular complexity index is 1070. The van der Waals surface area contributed by atoms with Crippen molar-refractivity contribution in [3.63, 3.8) is 0 Å². The van der Waals surface area contributed by atoms with Gasteiger partial charge in [0, 0.05) is 30.3 Å². The van der Waals surface area contributed by atoms with Crippen molar-refractivity contribution in [2.75, 3.05) is 10.2 Å². The third-order valence-corrected chi connectivity index (χ3v) is 6.34. The van der Waals surface area contributed by atoms with Gasteiger partial charge in [-0.2, -0.15) is 5.26 Å². The van der Waals surface area contributed by atoms with Crippen LogP contribution in [0.1, 0.15) is 59.8 Å². The number of aromatic carboxylic acids is 1. The highest BCUT2D eigenvalue weighted by molar-refractivity contribution is 5.96. The molecule has 1 aliphatic heterocycles. The first-order valence-electron chi connectivity index (χ1n) is 10.3. The Morgan fingerprint density at radius 2 is 1.93 bits per heavy atom. The molecular formula is C24H25N3O3. The minimum absolute atomic E-state index is 0.0178. The average Bonchev–Trinajstić information content (AvgIpc) is 3.54. The molecule has 0 radical (unpaired) electrons. The van der Waals surface area contributed by atoms with E-state index in [1.165, 1.54) is 0 Å². The van der Waals surface area contributed by atoms with Gasteiger partial charge in [-0.05, 0) is 73.2 Å². The van der Waals surface area contributed by atoms with Crippen molar-refractivity contribution >= 4 is 23.3 Å². The molecule has 1 saturated carbocycles. The zero-order chi connectivity index (χ0) is 21.6. The summed E-state index contributed by atoms with van der Waals surface area (Å²) in [4.78, 5) is 26.1. The molecular weight excluding hydrogens is 378 g/mol. The summed E-state index contributed by atoms with van der Waals surface area (Å²) in [6.45, 7) is 5.60. The van der Waals surface area contributed by atoms with Crippen LogP contribution in [0.5, 0.6) is 0 Å². The molecule has 154 valence electrons. The third-order valence-electron chi connectivity index (χ3n) is 6.34. The van der Waals surface area contributed by atoms with Crippen molar-refractivity contribution in [3.8, 4) is 6.07 Å². The quantitative estimate of drug-likeness (QED) is 0.784. The number of fused-ring (bicyclic) bond motifs is 1. The van der Waals surface area contributed by atoms with E-state index in [2.05, 4.69) is 18.3 Å². The van der Waals surface area contributed by atoms with Crippen molar-refractivity contribution in [1.82, 2.24) is 0 Å². The van der Waals surface area contributed by atoms with Crippen LogP contribution in [0, 0.1) is 30.1 Å². The molecule has 1 fully saturated rings. The van der Waals surface area contributed by atoms with E-state index in [4.69, 9.17) is 0 Å². The number of hydrogen-bond acceptors (Lipinski definition) is 4. The molecule has 6 heteroatoms. The highest BCUT2D eigenvalue weighted by Crippen LogP contribution is 2.50. The van der Waals surface area contributed by atoms with Gasteiger partial charge < -0.3 is 15.3 Å². The predicted molar refractivity (Wildman–Crippen MR) is 114 cm³/mol. The van der Waals surface area contributed by atoms with Crippen LogP contribution in [0.4, 0.5) is 11.4 Å². The van der Waals surface area contributed by atoms with Gasteiger partial charge in [0.05, 0.1) is 23.2 Å². The zero-order valence-electron chi connectivity index (χ0n) is 17.3. The van der Waals surface area contributed by atoms with Gasteiger partial charge in [-0.25, -0.2) is 4.79 Å². The van der Waals surface area contributed by atoms with E-state index >= 15 is 0 Å². The number of amides is 1. The third kappa shape index (κ3) is 3.41. The van der Waals surface area contributed by atoms with Gasteiger partial charge in [-0.15, -0.1) is 0 Å². The first-order valence-corrected chi connectivity index (χ1v) is 10.3. The summed E-state index contributed by atoms with van der Waals surface area (Å²) in [5, 5.41) is 22.3. The number of carboxylic acids is 1. The summed E-state index contributed by atoms with van der Waals surface area (Å²) in [5.74, 6) is -0.454. The van der Waals surface area contributed by atoms with Gasteiger partial charge in [0.1, 0.15) is 0 Å². The summed E-state index contributed by atoms with van der Waals surface area (Å²) in [5.41, 5.74) is 4.19. The largest absolute Gasteiger partial charge is 0.478 e. The molecule has 30 heavy (non-hydrogen) atoms. The van der Waals surface area contributed by atoms with Gasteiger partial charge in [-0.1, -0.05) is 6.92 Å². The average molecular weight is 403 g/mol. The lowest BCUT2D eigenvalue weighted by molar-refractivity contribution is -0.117. The van der Waals surface area contributed by atoms with Crippen LogP contribution in [0.2, 0.25) is 0 Å². The molecule has 0 aromatic heterocycles. The monoisotopic (exact) mass is 403 g/mol. The van der Waals surface area contributed by atoms with E-state index in [0.717, 1.165) is 35.3 Å². The lowest BCUT2D eigenvalue weighted by atomic mass is 9.79. The lowest BCUT2D eigenvalue weighted by Crippen LogP contribution is -2.51. The summed E-state index contributed by atoms with van der Waals surface area (Å²) in [7, 11) is 0. The SMILES string of the molecule is CC(=O)N1c2ccc(C(=O)O)cc2[C@H](Nc2ccc(C#N)c(C)c2)[C@@H](C)[C@@H]1C1CC1. The van der Waals surface area contributed by atoms with Crippen molar-refractivity contribution in [3.05, 3.63) is 58.7 Å². The number of carbonyl (C=O) groups excluding carboxylic acids is 1. The van der Waals surface area contributed by atoms with Crippen LogP contribution in [0.15, 0.2) is 36.4 Å². The number of nitrogens with one attached hydrogen (secondary N) is 1. The summed E-state index contributed by atoms with van der Waals surface area (Å²) >= 11 is 0. The van der Waals surface area contributed by atoms with Gasteiger partial charge in [-0.3, -0.25) is 4.79 Å². The standard InChI is InChI=1S/C24H25N3O3/c1-13-10-19(8-6-18(13)12-25)26-22-14(2)23(16-4-5-16)27(15(3)28)21-9-7-17(24(29)30)11-20(21)22/h6-11,14,16,22-23,26H,4-5H2,1-3H3,(H,29,30)/t14-,22-,23-/m1/s1. The summed E-state index contributed by atoms with van der Waals surface area (Å²) in [6, 6.07) is 12.7. The van der Waals surface area contributed by atoms with Crippen molar-refractivity contribution in [2.45, 2.75) is 45.7 Å². The molecule has 2 aliphatic rings.